The second-order valence-corrected chi connectivity index (χ2v) is 4.91. The molecule has 1 aliphatic heterocycles. The number of rotatable bonds is 4. The highest BCUT2D eigenvalue weighted by Gasteiger charge is 2.28. The van der Waals surface area contributed by atoms with Crippen LogP contribution in [0.15, 0.2) is 24.3 Å². The highest BCUT2D eigenvalue weighted by Crippen LogP contribution is 2.22. The highest BCUT2D eigenvalue weighted by molar-refractivity contribution is 5.90. The minimum Gasteiger partial charge on any atom is -0.399 e. The SMILES string of the molecule is Nc1cccc(NC(=O)N2CCCC2CCCO)c1. The number of aliphatic hydroxyl groups is 1. The molecule has 0 aromatic heterocycles. The van der Waals surface area contributed by atoms with Gasteiger partial charge in [-0.05, 0) is 43.9 Å². The van der Waals surface area contributed by atoms with Gasteiger partial charge in [-0.1, -0.05) is 6.07 Å². The molecule has 1 aromatic rings. The molecule has 4 N–H and O–H groups in total. The number of nitrogens with one attached hydrogen (secondary N) is 1. The Bertz CT molecular complexity index is 436. The number of carbonyl (C=O) groups excluding carboxylic acids is 1. The quantitative estimate of drug-likeness (QED) is 0.727. The summed E-state index contributed by atoms with van der Waals surface area (Å²) in [4.78, 5) is 14.1. The molecule has 2 amide bonds. The molecule has 1 heterocycles. The molecular formula is C14H21N3O2. The topological polar surface area (TPSA) is 78.6 Å². The van der Waals surface area contributed by atoms with Crippen LogP contribution in [0, 0.1) is 0 Å². The maximum atomic E-state index is 12.2. The fourth-order valence-electron chi connectivity index (χ4n) is 2.54. The van der Waals surface area contributed by atoms with Crippen molar-refractivity contribution in [3.05, 3.63) is 24.3 Å². The monoisotopic (exact) mass is 263 g/mol. The van der Waals surface area contributed by atoms with E-state index in [1.807, 2.05) is 17.0 Å². The van der Waals surface area contributed by atoms with Gasteiger partial charge in [0.05, 0.1) is 0 Å². The van der Waals surface area contributed by atoms with E-state index in [4.69, 9.17) is 10.8 Å². The summed E-state index contributed by atoms with van der Waals surface area (Å²) in [6.45, 7) is 0.964. The molecule has 1 saturated heterocycles. The Kier molecular flexibility index (Phi) is 4.63. The molecule has 0 spiro atoms. The smallest absolute Gasteiger partial charge is 0.322 e. The Morgan fingerprint density at radius 2 is 2.37 bits per heavy atom. The van der Waals surface area contributed by atoms with Crippen LogP contribution in [-0.4, -0.2) is 35.2 Å². The van der Waals surface area contributed by atoms with E-state index in [1.54, 1.807) is 12.1 Å². The lowest BCUT2D eigenvalue weighted by molar-refractivity contribution is 0.197. The van der Waals surface area contributed by atoms with Crippen LogP contribution in [0.1, 0.15) is 25.7 Å². The second-order valence-electron chi connectivity index (χ2n) is 4.91. The van der Waals surface area contributed by atoms with Gasteiger partial charge in [-0.3, -0.25) is 0 Å². The molecule has 0 bridgehead atoms. The number of urea groups is 1. The molecule has 5 nitrogen and oxygen atoms in total. The molecule has 1 unspecified atom stereocenters. The molecule has 5 heteroatoms. The zero-order valence-corrected chi connectivity index (χ0v) is 11.0. The number of nitrogens with two attached hydrogens (primary N) is 1. The Morgan fingerprint density at radius 3 is 3.11 bits per heavy atom. The van der Waals surface area contributed by atoms with Crippen LogP contribution in [0.5, 0.6) is 0 Å². The molecule has 1 aromatic carbocycles. The third kappa shape index (κ3) is 3.61. The molecule has 0 radical (unpaired) electrons. The van der Waals surface area contributed by atoms with Crippen LogP contribution >= 0.6 is 0 Å². The van der Waals surface area contributed by atoms with Gasteiger partial charge in [-0.2, -0.15) is 0 Å². The van der Waals surface area contributed by atoms with Gasteiger partial charge in [0.1, 0.15) is 0 Å². The highest BCUT2D eigenvalue weighted by atomic mass is 16.3. The molecular weight excluding hydrogens is 242 g/mol. The number of nitrogens with zero attached hydrogens (tertiary/aromatic N) is 1. The number of aliphatic hydroxyl groups excluding tert-OH is 1. The maximum absolute atomic E-state index is 12.2. The summed E-state index contributed by atoms with van der Waals surface area (Å²) in [5, 5.41) is 11.8. The van der Waals surface area contributed by atoms with Crippen molar-refractivity contribution in [3.63, 3.8) is 0 Å². The number of hydrogen-bond donors (Lipinski definition) is 3. The van der Waals surface area contributed by atoms with Crippen molar-refractivity contribution in [1.82, 2.24) is 4.90 Å². The average molecular weight is 263 g/mol. The summed E-state index contributed by atoms with van der Waals surface area (Å²) < 4.78 is 0. The number of benzene rings is 1. The van der Waals surface area contributed by atoms with Crippen molar-refractivity contribution in [2.45, 2.75) is 31.7 Å². The number of hydrogen-bond acceptors (Lipinski definition) is 3. The summed E-state index contributed by atoms with van der Waals surface area (Å²) in [7, 11) is 0. The van der Waals surface area contributed by atoms with Crippen molar-refractivity contribution in [3.8, 4) is 0 Å². The summed E-state index contributed by atoms with van der Waals surface area (Å²) in [6.07, 6.45) is 3.65. The van der Waals surface area contributed by atoms with E-state index in [2.05, 4.69) is 5.32 Å². The van der Waals surface area contributed by atoms with Crippen LogP contribution in [0.3, 0.4) is 0 Å². The van der Waals surface area contributed by atoms with Crippen LogP contribution in [-0.2, 0) is 0 Å². The van der Waals surface area contributed by atoms with E-state index in [9.17, 15) is 4.79 Å². The first-order chi connectivity index (χ1) is 9.20. The predicted octanol–water partition coefficient (Wildman–Crippen LogP) is 2.04. The van der Waals surface area contributed by atoms with Gasteiger partial charge in [0.15, 0.2) is 0 Å². The van der Waals surface area contributed by atoms with Crippen LogP contribution < -0.4 is 11.1 Å². The number of carbonyl (C=O) groups is 1. The normalized spacial score (nSPS) is 18.6. The van der Waals surface area contributed by atoms with Crippen molar-refractivity contribution in [2.24, 2.45) is 0 Å². The standard InChI is InChI=1S/C14H21N3O2/c15-11-4-1-5-12(10-11)16-14(19)17-8-2-6-13(17)7-3-9-18/h1,4-5,10,13,18H,2-3,6-9,15H2,(H,16,19). The fourth-order valence-corrected chi connectivity index (χ4v) is 2.54. The Balaban J connectivity index is 1.95. The minimum absolute atomic E-state index is 0.0777. The van der Waals surface area contributed by atoms with E-state index in [-0.39, 0.29) is 18.7 Å². The lowest BCUT2D eigenvalue weighted by Crippen LogP contribution is -2.38. The molecule has 0 saturated carbocycles. The fraction of sp³-hybridized carbons (Fsp3) is 0.500. The van der Waals surface area contributed by atoms with Gasteiger partial charge in [-0.25, -0.2) is 4.79 Å². The minimum atomic E-state index is -0.0777. The van der Waals surface area contributed by atoms with Crippen molar-refractivity contribution in [2.75, 3.05) is 24.2 Å². The van der Waals surface area contributed by atoms with Crippen molar-refractivity contribution in [1.29, 1.82) is 0 Å². The van der Waals surface area contributed by atoms with Gasteiger partial charge in [0.2, 0.25) is 0 Å². The zero-order valence-electron chi connectivity index (χ0n) is 11.0. The third-order valence-electron chi connectivity index (χ3n) is 3.47. The molecule has 2 rings (SSSR count). The summed E-state index contributed by atoms with van der Waals surface area (Å²) >= 11 is 0. The number of nitrogen functional groups attached to an aromatic ring is 1. The van der Waals surface area contributed by atoms with Crippen LogP contribution in [0.2, 0.25) is 0 Å². The van der Waals surface area contributed by atoms with E-state index >= 15 is 0 Å². The molecule has 1 aliphatic rings. The van der Waals surface area contributed by atoms with E-state index < -0.39 is 0 Å². The first kappa shape index (κ1) is 13.7. The lowest BCUT2D eigenvalue weighted by atomic mass is 10.1. The van der Waals surface area contributed by atoms with Gasteiger partial charge in [0.25, 0.3) is 0 Å². The maximum Gasteiger partial charge on any atom is 0.322 e. The molecule has 19 heavy (non-hydrogen) atoms. The lowest BCUT2D eigenvalue weighted by Gasteiger charge is -2.24. The van der Waals surface area contributed by atoms with E-state index in [0.29, 0.717) is 5.69 Å². The molecule has 1 atom stereocenters. The molecule has 1 fully saturated rings. The van der Waals surface area contributed by atoms with Crippen molar-refractivity contribution >= 4 is 17.4 Å². The Labute approximate surface area is 113 Å². The first-order valence-electron chi connectivity index (χ1n) is 6.74. The van der Waals surface area contributed by atoms with Gasteiger partial charge >= 0.3 is 6.03 Å². The predicted molar refractivity (Wildman–Crippen MR) is 75.9 cm³/mol. The van der Waals surface area contributed by atoms with Gasteiger partial charge < -0.3 is 21.1 Å². The van der Waals surface area contributed by atoms with Crippen molar-refractivity contribution < 1.29 is 9.90 Å². The van der Waals surface area contributed by atoms with Crippen LogP contribution in [0.25, 0.3) is 0 Å². The largest absolute Gasteiger partial charge is 0.399 e. The summed E-state index contributed by atoms with van der Waals surface area (Å²) in [6, 6.07) is 7.34. The first-order valence-corrected chi connectivity index (χ1v) is 6.74. The zero-order chi connectivity index (χ0) is 13.7. The Hall–Kier alpha value is -1.75. The van der Waals surface area contributed by atoms with Gasteiger partial charge in [0, 0.05) is 30.6 Å². The number of amides is 2. The third-order valence-corrected chi connectivity index (χ3v) is 3.47. The molecule has 0 aliphatic carbocycles. The molecule has 104 valence electrons. The average Bonchev–Trinajstić information content (AvgIpc) is 2.84. The summed E-state index contributed by atoms with van der Waals surface area (Å²) in [5.74, 6) is 0. The second kappa shape index (κ2) is 6.43. The van der Waals surface area contributed by atoms with E-state index in [1.165, 1.54) is 0 Å². The number of anilines is 2. The Morgan fingerprint density at radius 1 is 1.53 bits per heavy atom. The summed E-state index contributed by atoms with van der Waals surface area (Å²) in [5.41, 5.74) is 7.04. The van der Waals surface area contributed by atoms with Crippen LogP contribution in [0.4, 0.5) is 16.2 Å². The van der Waals surface area contributed by atoms with Gasteiger partial charge in [-0.15, -0.1) is 0 Å². The number of likely N-dealkylation sites (tertiary alicyclic amines) is 1. The van der Waals surface area contributed by atoms with E-state index in [0.717, 1.165) is 37.9 Å².